The summed E-state index contributed by atoms with van der Waals surface area (Å²) in [5.74, 6) is -0.128. The molecule has 0 saturated carbocycles. The summed E-state index contributed by atoms with van der Waals surface area (Å²) in [6.07, 6.45) is -0.223. The molecule has 4 rings (SSSR count). The number of para-hydroxylation sites is 1. The maximum atomic E-state index is 13.3. The molecule has 3 heterocycles. The molecule has 3 aromatic rings. The minimum atomic E-state index is -4.56. The molecule has 1 atom stereocenters. The van der Waals surface area contributed by atoms with Gasteiger partial charge in [-0.3, -0.25) is 4.79 Å². The number of amides is 1. The van der Waals surface area contributed by atoms with Gasteiger partial charge in [-0.15, -0.1) is 10.2 Å². The second-order valence-corrected chi connectivity index (χ2v) is 6.99. The van der Waals surface area contributed by atoms with Gasteiger partial charge in [-0.2, -0.15) is 28.2 Å². The van der Waals surface area contributed by atoms with Crippen LogP contribution in [0.15, 0.2) is 53.8 Å². The summed E-state index contributed by atoms with van der Waals surface area (Å²) in [4.78, 5) is 20.8. The maximum absolute atomic E-state index is 13.3. The van der Waals surface area contributed by atoms with E-state index in [1.807, 2.05) is 6.92 Å². The van der Waals surface area contributed by atoms with Crippen molar-refractivity contribution >= 4 is 17.4 Å². The molecule has 1 aliphatic heterocycles. The molecule has 1 saturated heterocycles. The molecule has 1 aromatic carbocycles. The van der Waals surface area contributed by atoms with E-state index in [0.29, 0.717) is 36.3 Å². The summed E-state index contributed by atoms with van der Waals surface area (Å²) < 4.78 is 38.0. The van der Waals surface area contributed by atoms with E-state index in [0.717, 1.165) is 6.07 Å². The largest absolute Gasteiger partial charge is 0.435 e. The Labute approximate surface area is 175 Å². The molecule has 1 aliphatic rings. The van der Waals surface area contributed by atoms with Crippen LogP contribution < -0.4 is 0 Å². The first-order valence-electron chi connectivity index (χ1n) is 9.59. The fourth-order valence-corrected chi connectivity index (χ4v) is 3.45. The number of halogens is 3. The molecule has 0 N–H and O–H groups in total. The van der Waals surface area contributed by atoms with Crippen LogP contribution >= 0.6 is 0 Å². The average molecular weight is 429 g/mol. The molecule has 11 heteroatoms. The van der Waals surface area contributed by atoms with Crippen molar-refractivity contribution < 1.29 is 18.0 Å². The van der Waals surface area contributed by atoms with Crippen LogP contribution in [-0.2, 0) is 6.18 Å². The third-order valence-electron chi connectivity index (χ3n) is 5.01. The summed E-state index contributed by atoms with van der Waals surface area (Å²) in [6, 6.07) is 8.69. The smallest absolute Gasteiger partial charge is 0.331 e. The predicted octanol–water partition coefficient (Wildman–Crippen LogP) is 3.47. The number of carbonyl (C=O) groups is 1. The molecule has 0 unspecified atom stereocenters. The second-order valence-electron chi connectivity index (χ2n) is 6.99. The Morgan fingerprint density at radius 1 is 1.10 bits per heavy atom. The zero-order valence-electron chi connectivity index (χ0n) is 16.5. The van der Waals surface area contributed by atoms with Crippen LogP contribution in [0.1, 0.15) is 35.8 Å². The number of piperidine rings is 1. The number of nitrogens with zero attached hydrogens (tertiary/aromatic N) is 7. The number of benzene rings is 1. The maximum Gasteiger partial charge on any atom is 0.435 e. The zero-order chi connectivity index (χ0) is 22.0. The molecule has 0 spiro atoms. The van der Waals surface area contributed by atoms with Crippen LogP contribution in [0, 0.1) is 0 Å². The molecule has 0 bridgehead atoms. The van der Waals surface area contributed by atoms with E-state index in [1.165, 1.54) is 23.3 Å². The molecule has 0 aliphatic carbocycles. The number of carbonyl (C=O) groups excluding carboxylic acids is 1. The van der Waals surface area contributed by atoms with Gasteiger partial charge in [0, 0.05) is 12.3 Å². The first-order chi connectivity index (χ1) is 14.8. The van der Waals surface area contributed by atoms with E-state index < -0.39 is 11.9 Å². The van der Waals surface area contributed by atoms with Crippen LogP contribution in [-0.4, -0.2) is 54.3 Å². The van der Waals surface area contributed by atoms with Crippen LogP contribution in [0.25, 0.3) is 5.69 Å². The van der Waals surface area contributed by atoms with E-state index in [4.69, 9.17) is 0 Å². The Morgan fingerprint density at radius 2 is 1.84 bits per heavy atom. The Morgan fingerprint density at radius 3 is 2.52 bits per heavy atom. The first kappa shape index (κ1) is 20.6. The van der Waals surface area contributed by atoms with Gasteiger partial charge in [0.2, 0.25) is 0 Å². The monoisotopic (exact) mass is 429 g/mol. The van der Waals surface area contributed by atoms with Crippen molar-refractivity contribution in [2.75, 3.05) is 6.54 Å². The third-order valence-corrected chi connectivity index (χ3v) is 5.01. The third kappa shape index (κ3) is 4.30. The number of aromatic nitrogens is 5. The summed E-state index contributed by atoms with van der Waals surface area (Å²) in [6.45, 7) is 2.36. The minimum absolute atomic E-state index is 0.0743. The van der Waals surface area contributed by atoms with Crippen molar-refractivity contribution in [2.24, 2.45) is 4.99 Å². The highest BCUT2D eigenvalue weighted by molar-refractivity contribution is 6.02. The lowest BCUT2D eigenvalue weighted by Crippen LogP contribution is -2.47. The van der Waals surface area contributed by atoms with E-state index in [-0.39, 0.29) is 17.8 Å². The molecular weight excluding hydrogens is 411 g/mol. The fourth-order valence-electron chi connectivity index (χ4n) is 3.45. The van der Waals surface area contributed by atoms with Gasteiger partial charge in [0.15, 0.2) is 11.5 Å². The number of rotatable bonds is 3. The minimum Gasteiger partial charge on any atom is -0.331 e. The van der Waals surface area contributed by atoms with Crippen molar-refractivity contribution in [3.05, 3.63) is 60.0 Å². The standard InChI is InChI=1S/C20H18F3N7O/c1-13-15(26-18-9-8-17(27-28-18)20(21,22)23)6-4-12-29(13)19(31)14-5-2-3-7-16(14)30-24-10-11-25-30/h2-3,5,7-11,13H,4,6,12H2,1H3/t13-/m0/s1. The highest BCUT2D eigenvalue weighted by atomic mass is 19.4. The number of aliphatic imine (C=N–C) groups is 1. The van der Waals surface area contributed by atoms with Crippen molar-refractivity contribution in [1.82, 2.24) is 30.1 Å². The molecular formula is C20H18F3N7O. The average Bonchev–Trinajstić information content (AvgIpc) is 3.29. The Hall–Kier alpha value is -3.63. The van der Waals surface area contributed by atoms with Crippen LogP contribution in [0.4, 0.5) is 19.0 Å². The normalized spacial score (nSPS) is 18.4. The van der Waals surface area contributed by atoms with Gasteiger partial charge < -0.3 is 4.90 Å². The van der Waals surface area contributed by atoms with Gasteiger partial charge in [0.05, 0.1) is 29.7 Å². The van der Waals surface area contributed by atoms with E-state index in [2.05, 4.69) is 25.4 Å². The van der Waals surface area contributed by atoms with Crippen molar-refractivity contribution in [2.45, 2.75) is 32.0 Å². The highest BCUT2D eigenvalue weighted by Gasteiger charge is 2.33. The first-order valence-corrected chi connectivity index (χ1v) is 9.59. The van der Waals surface area contributed by atoms with Crippen LogP contribution in [0.5, 0.6) is 0 Å². The summed E-state index contributed by atoms with van der Waals surface area (Å²) in [5, 5.41) is 15.0. The lowest BCUT2D eigenvalue weighted by atomic mass is 9.99. The van der Waals surface area contributed by atoms with Gasteiger partial charge in [0.25, 0.3) is 5.91 Å². The summed E-state index contributed by atoms with van der Waals surface area (Å²) in [7, 11) is 0. The van der Waals surface area contributed by atoms with E-state index in [1.54, 1.807) is 29.2 Å². The number of alkyl halides is 3. The Kier molecular flexibility index (Phi) is 5.49. The fraction of sp³-hybridized carbons (Fsp3) is 0.300. The number of hydrogen-bond donors (Lipinski definition) is 0. The van der Waals surface area contributed by atoms with Crippen molar-refractivity contribution in [3.63, 3.8) is 0 Å². The quantitative estimate of drug-likeness (QED) is 0.636. The van der Waals surface area contributed by atoms with Gasteiger partial charge >= 0.3 is 6.18 Å². The molecule has 2 aromatic heterocycles. The predicted molar refractivity (Wildman–Crippen MR) is 105 cm³/mol. The Balaban J connectivity index is 1.59. The molecule has 1 amide bonds. The summed E-state index contributed by atoms with van der Waals surface area (Å²) in [5.41, 5.74) is 0.584. The van der Waals surface area contributed by atoms with Gasteiger partial charge in [-0.25, -0.2) is 4.99 Å². The Bertz CT molecular complexity index is 1090. The van der Waals surface area contributed by atoms with Crippen molar-refractivity contribution in [3.8, 4) is 5.69 Å². The molecule has 0 radical (unpaired) electrons. The topological polar surface area (TPSA) is 89.2 Å². The number of hydrogen-bond acceptors (Lipinski definition) is 6. The number of likely N-dealkylation sites (tertiary alicyclic amines) is 1. The lowest BCUT2D eigenvalue weighted by Gasteiger charge is -2.35. The highest BCUT2D eigenvalue weighted by Crippen LogP contribution is 2.28. The van der Waals surface area contributed by atoms with Crippen LogP contribution in [0.3, 0.4) is 0 Å². The zero-order valence-corrected chi connectivity index (χ0v) is 16.5. The van der Waals surface area contributed by atoms with Crippen molar-refractivity contribution in [1.29, 1.82) is 0 Å². The molecule has 8 nitrogen and oxygen atoms in total. The van der Waals surface area contributed by atoms with Gasteiger partial charge in [0.1, 0.15) is 0 Å². The van der Waals surface area contributed by atoms with E-state index >= 15 is 0 Å². The SMILES string of the molecule is C[C@H]1C(=Nc2ccc(C(F)(F)F)nn2)CCCN1C(=O)c1ccccc1-n1nccn1. The molecule has 160 valence electrons. The second kappa shape index (κ2) is 8.25. The van der Waals surface area contributed by atoms with Crippen LogP contribution in [0.2, 0.25) is 0 Å². The van der Waals surface area contributed by atoms with Gasteiger partial charge in [-0.1, -0.05) is 12.1 Å². The summed E-state index contributed by atoms with van der Waals surface area (Å²) >= 11 is 0. The lowest BCUT2D eigenvalue weighted by molar-refractivity contribution is -0.141. The van der Waals surface area contributed by atoms with Gasteiger partial charge in [-0.05, 0) is 44.0 Å². The molecule has 1 fully saturated rings. The van der Waals surface area contributed by atoms with E-state index in [9.17, 15) is 18.0 Å². The molecule has 31 heavy (non-hydrogen) atoms.